The predicted molar refractivity (Wildman–Crippen MR) is 141 cm³/mol. The maximum Gasteiger partial charge on any atom is 0.295 e. The van der Waals surface area contributed by atoms with Crippen molar-refractivity contribution in [3.05, 3.63) is 99.8 Å². The van der Waals surface area contributed by atoms with Crippen LogP contribution < -0.4 is 15.4 Å². The average Bonchev–Trinajstić information content (AvgIpc) is 3.31. The lowest BCUT2D eigenvalue weighted by Crippen LogP contribution is -2.42. The highest BCUT2D eigenvalue weighted by Gasteiger charge is 2.31. The van der Waals surface area contributed by atoms with E-state index in [0.717, 1.165) is 28.8 Å². The Kier molecular flexibility index (Phi) is 6.14. The van der Waals surface area contributed by atoms with Gasteiger partial charge in [0, 0.05) is 19.2 Å². The molecule has 7 nitrogen and oxygen atoms in total. The van der Waals surface area contributed by atoms with E-state index in [1.54, 1.807) is 24.0 Å². The van der Waals surface area contributed by atoms with E-state index >= 15 is 0 Å². The molecule has 3 aromatic carbocycles. The van der Waals surface area contributed by atoms with Crippen LogP contribution in [0.2, 0.25) is 0 Å². The number of amides is 2. The Morgan fingerprint density at radius 1 is 1.00 bits per heavy atom. The summed E-state index contributed by atoms with van der Waals surface area (Å²) in [5.41, 5.74) is 4.57. The van der Waals surface area contributed by atoms with Gasteiger partial charge in [0.1, 0.15) is 6.04 Å². The molecule has 0 saturated carbocycles. The fourth-order valence-electron chi connectivity index (χ4n) is 4.90. The lowest BCUT2D eigenvalue weighted by molar-refractivity contribution is -0.121. The van der Waals surface area contributed by atoms with E-state index in [-0.39, 0.29) is 24.2 Å². The van der Waals surface area contributed by atoms with Crippen LogP contribution in [0.5, 0.6) is 0 Å². The van der Waals surface area contributed by atoms with E-state index in [4.69, 9.17) is 0 Å². The van der Waals surface area contributed by atoms with Gasteiger partial charge in [-0.3, -0.25) is 23.9 Å². The minimum absolute atomic E-state index is 0.0194. The van der Waals surface area contributed by atoms with Crippen molar-refractivity contribution in [2.24, 2.45) is 0 Å². The number of anilines is 2. The lowest BCUT2D eigenvalue weighted by Gasteiger charge is -2.26. The van der Waals surface area contributed by atoms with Crippen LogP contribution in [0, 0.1) is 6.92 Å². The molecule has 2 heterocycles. The zero-order valence-corrected chi connectivity index (χ0v) is 20.6. The largest absolute Gasteiger partial charge is 0.310 e. The van der Waals surface area contributed by atoms with Gasteiger partial charge in [0.05, 0.1) is 17.6 Å². The molecule has 1 aromatic heterocycles. The molecule has 0 saturated heterocycles. The van der Waals surface area contributed by atoms with Crippen LogP contribution in [0.4, 0.5) is 11.5 Å². The van der Waals surface area contributed by atoms with E-state index in [1.165, 1.54) is 16.4 Å². The molecule has 2 amide bonds. The molecule has 0 N–H and O–H groups in total. The third kappa shape index (κ3) is 4.06. The maximum atomic E-state index is 13.9. The van der Waals surface area contributed by atoms with Gasteiger partial charge in [0.2, 0.25) is 17.6 Å². The molecule has 182 valence electrons. The summed E-state index contributed by atoms with van der Waals surface area (Å²) in [6.07, 6.45) is 0.778. The third-order valence-corrected chi connectivity index (χ3v) is 6.90. The molecule has 4 aromatic rings. The summed E-state index contributed by atoms with van der Waals surface area (Å²) in [7, 11) is 0. The Bertz CT molecular complexity index is 1540. The van der Waals surface area contributed by atoms with Gasteiger partial charge in [-0.05, 0) is 55.2 Å². The number of hydrogen-bond acceptors (Lipinski definition) is 4. The molecule has 1 atom stereocenters. The van der Waals surface area contributed by atoms with Crippen LogP contribution >= 0.6 is 0 Å². The van der Waals surface area contributed by atoms with Crippen LogP contribution in [0.3, 0.4) is 0 Å². The first-order valence-electron chi connectivity index (χ1n) is 12.1. The van der Waals surface area contributed by atoms with Gasteiger partial charge < -0.3 is 4.90 Å². The molecule has 0 radical (unpaired) electrons. The number of aromatic nitrogens is 2. The minimum Gasteiger partial charge on any atom is -0.310 e. The monoisotopic (exact) mass is 480 g/mol. The minimum atomic E-state index is -0.789. The number of para-hydroxylation sites is 3. The van der Waals surface area contributed by atoms with Crippen molar-refractivity contribution in [3.8, 4) is 0 Å². The first kappa shape index (κ1) is 23.5. The number of aryl methyl sites for hydroxylation is 1. The molecule has 0 spiro atoms. The highest BCUT2D eigenvalue weighted by molar-refractivity contribution is 5.99. The molecule has 0 unspecified atom stereocenters. The van der Waals surface area contributed by atoms with Crippen molar-refractivity contribution in [1.29, 1.82) is 0 Å². The highest BCUT2D eigenvalue weighted by Crippen LogP contribution is 2.30. The standard InChI is InChI=1S/C29H28N4O3/c1-19-10-4-5-12-23(19)18-32(21(3)34)27-29(36)33(26-15-9-7-13-24(26)30-27)20(2)28(35)31-17-16-22-11-6-8-14-25(22)31/h4-15,20H,16-18H2,1-3H3/t20-/m1/s1. The molecule has 36 heavy (non-hydrogen) atoms. The Labute approximate surface area is 209 Å². The predicted octanol–water partition coefficient (Wildman–Crippen LogP) is 4.41. The molecule has 0 bridgehead atoms. The molecule has 0 fully saturated rings. The fourth-order valence-corrected chi connectivity index (χ4v) is 4.90. The summed E-state index contributed by atoms with van der Waals surface area (Å²) >= 11 is 0. The average molecular weight is 481 g/mol. The Balaban J connectivity index is 1.62. The Morgan fingerprint density at radius 2 is 1.69 bits per heavy atom. The molecule has 1 aliphatic heterocycles. The van der Waals surface area contributed by atoms with Crippen LogP contribution in [0.15, 0.2) is 77.6 Å². The van der Waals surface area contributed by atoms with Crippen molar-refractivity contribution in [3.63, 3.8) is 0 Å². The number of rotatable bonds is 5. The van der Waals surface area contributed by atoms with Crippen LogP contribution in [0.25, 0.3) is 11.0 Å². The number of nitrogens with zero attached hydrogens (tertiary/aromatic N) is 4. The summed E-state index contributed by atoms with van der Waals surface area (Å²) in [5.74, 6) is -0.444. The first-order chi connectivity index (χ1) is 17.4. The van der Waals surface area contributed by atoms with Gasteiger partial charge in [0.15, 0.2) is 0 Å². The fraction of sp³-hybridized carbons (Fsp3) is 0.241. The molecule has 7 heteroatoms. The third-order valence-electron chi connectivity index (χ3n) is 6.90. The zero-order chi connectivity index (χ0) is 25.4. The van der Waals surface area contributed by atoms with Gasteiger partial charge in [-0.15, -0.1) is 0 Å². The Morgan fingerprint density at radius 3 is 2.47 bits per heavy atom. The topological polar surface area (TPSA) is 75.5 Å². The van der Waals surface area contributed by atoms with E-state index in [9.17, 15) is 14.4 Å². The smallest absolute Gasteiger partial charge is 0.295 e. The van der Waals surface area contributed by atoms with Gasteiger partial charge in [0.25, 0.3) is 5.56 Å². The van der Waals surface area contributed by atoms with Gasteiger partial charge >= 0.3 is 0 Å². The highest BCUT2D eigenvalue weighted by atomic mass is 16.2. The summed E-state index contributed by atoms with van der Waals surface area (Å²) in [4.78, 5) is 48.2. The number of benzene rings is 3. The SMILES string of the molecule is CC(=O)N(Cc1ccccc1C)c1nc2ccccc2n([C@H](C)C(=O)N2CCc3ccccc32)c1=O. The molecular formula is C29H28N4O3. The molecule has 0 aliphatic carbocycles. The Hall–Kier alpha value is -4.26. The normalized spacial score (nSPS) is 13.5. The van der Waals surface area contributed by atoms with Crippen molar-refractivity contribution in [2.45, 2.75) is 39.8 Å². The summed E-state index contributed by atoms with van der Waals surface area (Å²) in [6.45, 7) is 5.91. The van der Waals surface area contributed by atoms with E-state index in [0.29, 0.717) is 17.6 Å². The first-order valence-corrected chi connectivity index (χ1v) is 12.1. The molecule has 1 aliphatic rings. The van der Waals surface area contributed by atoms with Crippen LogP contribution in [0.1, 0.15) is 36.6 Å². The van der Waals surface area contributed by atoms with Crippen LogP contribution in [-0.2, 0) is 22.6 Å². The maximum absolute atomic E-state index is 13.9. The van der Waals surface area contributed by atoms with Crippen molar-refractivity contribution < 1.29 is 9.59 Å². The van der Waals surface area contributed by atoms with E-state index < -0.39 is 11.6 Å². The zero-order valence-electron chi connectivity index (χ0n) is 20.6. The van der Waals surface area contributed by atoms with Crippen molar-refractivity contribution >= 4 is 34.4 Å². The van der Waals surface area contributed by atoms with Gasteiger partial charge in [-0.25, -0.2) is 4.98 Å². The number of carbonyl (C=O) groups is 2. The summed E-state index contributed by atoms with van der Waals surface area (Å²) in [6, 6.07) is 22.0. The van der Waals surface area contributed by atoms with Gasteiger partial charge in [-0.1, -0.05) is 54.6 Å². The summed E-state index contributed by atoms with van der Waals surface area (Å²) in [5, 5.41) is 0. The van der Waals surface area contributed by atoms with E-state index in [1.807, 2.05) is 67.6 Å². The van der Waals surface area contributed by atoms with Crippen molar-refractivity contribution in [2.75, 3.05) is 16.3 Å². The van der Waals surface area contributed by atoms with E-state index in [2.05, 4.69) is 4.98 Å². The molecule has 5 rings (SSSR count). The second kappa shape index (κ2) is 9.41. The number of carbonyl (C=O) groups excluding carboxylic acids is 2. The quantitative estimate of drug-likeness (QED) is 0.424. The lowest BCUT2D eigenvalue weighted by atomic mass is 10.1. The second-order valence-electron chi connectivity index (χ2n) is 9.18. The van der Waals surface area contributed by atoms with Crippen LogP contribution in [-0.4, -0.2) is 27.9 Å². The summed E-state index contributed by atoms with van der Waals surface area (Å²) < 4.78 is 1.48. The number of hydrogen-bond donors (Lipinski definition) is 0. The second-order valence-corrected chi connectivity index (χ2v) is 9.18. The number of fused-ring (bicyclic) bond motifs is 2. The van der Waals surface area contributed by atoms with Gasteiger partial charge in [-0.2, -0.15) is 0 Å². The van der Waals surface area contributed by atoms with Crippen molar-refractivity contribution in [1.82, 2.24) is 9.55 Å². The molecular weight excluding hydrogens is 452 g/mol.